The fourth-order valence-electron chi connectivity index (χ4n) is 1.23. The minimum absolute atomic E-state index is 0.00526. The summed E-state index contributed by atoms with van der Waals surface area (Å²) in [5.74, 6) is -0.305. The Bertz CT molecular complexity index is 373. The van der Waals surface area contributed by atoms with E-state index in [1.807, 2.05) is 6.92 Å². The Morgan fingerprint density at radius 1 is 1.60 bits per heavy atom. The molecule has 1 unspecified atom stereocenters. The normalized spacial score (nSPS) is 11.9. The highest BCUT2D eigenvalue weighted by atomic mass is 79.9. The number of nitriles is 1. The molecule has 80 valence electrons. The number of rotatable bonds is 4. The van der Waals surface area contributed by atoms with Crippen LogP contribution in [0.3, 0.4) is 0 Å². The van der Waals surface area contributed by atoms with Gasteiger partial charge in [-0.1, -0.05) is 22.9 Å². The minimum Gasteiger partial charge on any atom is -0.379 e. The molecule has 1 aromatic carbocycles. The Morgan fingerprint density at radius 2 is 2.33 bits per heavy atom. The SMILES string of the molecule is CCC(CC#N)Nc1ccc(Br)cc1F. The van der Waals surface area contributed by atoms with E-state index < -0.39 is 0 Å². The Balaban J connectivity index is 2.75. The lowest BCUT2D eigenvalue weighted by molar-refractivity contribution is 0.620. The van der Waals surface area contributed by atoms with E-state index >= 15 is 0 Å². The maximum atomic E-state index is 13.4. The van der Waals surface area contributed by atoms with Crippen molar-refractivity contribution in [2.45, 2.75) is 25.8 Å². The standard InChI is InChI=1S/C11H12BrFN2/c1-2-9(5-6-14)15-11-4-3-8(12)7-10(11)13/h3-4,7,9,15H,2,5H2,1H3. The molecule has 0 saturated heterocycles. The number of nitrogens with one attached hydrogen (secondary N) is 1. The number of nitrogens with zero attached hydrogens (tertiary/aromatic N) is 1. The zero-order valence-electron chi connectivity index (χ0n) is 8.43. The van der Waals surface area contributed by atoms with Gasteiger partial charge in [0.1, 0.15) is 5.82 Å². The van der Waals surface area contributed by atoms with E-state index in [2.05, 4.69) is 27.3 Å². The van der Waals surface area contributed by atoms with Gasteiger partial charge in [0.05, 0.1) is 18.2 Å². The van der Waals surface area contributed by atoms with Crippen molar-refractivity contribution >= 4 is 21.6 Å². The first-order valence-corrected chi connectivity index (χ1v) is 5.55. The monoisotopic (exact) mass is 270 g/mol. The number of hydrogen-bond acceptors (Lipinski definition) is 2. The van der Waals surface area contributed by atoms with E-state index in [1.165, 1.54) is 6.07 Å². The fourth-order valence-corrected chi connectivity index (χ4v) is 1.57. The van der Waals surface area contributed by atoms with Crippen molar-refractivity contribution in [3.63, 3.8) is 0 Å². The molecule has 2 nitrogen and oxygen atoms in total. The smallest absolute Gasteiger partial charge is 0.147 e. The number of anilines is 1. The maximum Gasteiger partial charge on any atom is 0.147 e. The van der Waals surface area contributed by atoms with Gasteiger partial charge in [-0.15, -0.1) is 0 Å². The first-order valence-electron chi connectivity index (χ1n) is 4.76. The average Bonchev–Trinajstić information content (AvgIpc) is 2.21. The minimum atomic E-state index is -0.305. The molecule has 15 heavy (non-hydrogen) atoms. The highest BCUT2D eigenvalue weighted by Crippen LogP contribution is 2.20. The summed E-state index contributed by atoms with van der Waals surface area (Å²) in [4.78, 5) is 0. The quantitative estimate of drug-likeness (QED) is 0.906. The van der Waals surface area contributed by atoms with Crippen LogP contribution in [0, 0.1) is 17.1 Å². The Kier molecular flexibility index (Phi) is 4.57. The van der Waals surface area contributed by atoms with Gasteiger partial charge in [0, 0.05) is 10.5 Å². The Morgan fingerprint density at radius 3 is 2.87 bits per heavy atom. The third kappa shape index (κ3) is 3.52. The molecule has 0 aliphatic rings. The summed E-state index contributed by atoms with van der Waals surface area (Å²) in [6.07, 6.45) is 1.18. The first kappa shape index (κ1) is 12.0. The van der Waals surface area contributed by atoms with Crippen molar-refractivity contribution in [2.75, 3.05) is 5.32 Å². The summed E-state index contributed by atoms with van der Waals surface area (Å²) in [5.41, 5.74) is 0.445. The Labute approximate surface area is 97.2 Å². The van der Waals surface area contributed by atoms with Gasteiger partial charge < -0.3 is 5.32 Å². The maximum absolute atomic E-state index is 13.4. The second-order valence-electron chi connectivity index (χ2n) is 3.24. The van der Waals surface area contributed by atoms with Gasteiger partial charge in [-0.25, -0.2) is 4.39 Å². The molecule has 0 heterocycles. The van der Waals surface area contributed by atoms with E-state index in [0.29, 0.717) is 16.6 Å². The molecule has 0 aromatic heterocycles. The van der Waals surface area contributed by atoms with Crippen LogP contribution in [0.2, 0.25) is 0 Å². The number of hydrogen-bond donors (Lipinski definition) is 1. The second-order valence-corrected chi connectivity index (χ2v) is 4.15. The van der Waals surface area contributed by atoms with Crippen LogP contribution in [0.5, 0.6) is 0 Å². The highest BCUT2D eigenvalue weighted by molar-refractivity contribution is 9.10. The molecule has 0 saturated carbocycles. The van der Waals surface area contributed by atoms with E-state index in [-0.39, 0.29) is 11.9 Å². The van der Waals surface area contributed by atoms with Crippen molar-refractivity contribution in [3.05, 3.63) is 28.5 Å². The average molecular weight is 271 g/mol. The third-order valence-corrected chi connectivity index (χ3v) is 2.61. The van der Waals surface area contributed by atoms with Crippen molar-refractivity contribution in [1.29, 1.82) is 5.26 Å². The van der Waals surface area contributed by atoms with Gasteiger partial charge in [0.2, 0.25) is 0 Å². The molecule has 0 bridgehead atoms. The van der Waals surface area contributed by atoms with Crippen LogP contribution in [-0.2, 0) is 0 Å². The van der Waals surface area contributed by atoms with Crippen LogP contribution >= 0.6 is 15.9 Å². The summed E-state index contributed by atoms with van der Waals surface area (Å²) in [6, 6.07) is 6.92. The van der Waals surface area contributed by atoms with E-state index in [0.717, 1.165) is 6.42 Å². The highest BCUT2D eigenvalue weighted by Gasteiger charge is 2.08. The third-order valence-electron chi connectivity index (χ3n) is 2.12. The van der Waals surface area contributed by atoms with Crippen LogP contribution in [0.4, 0.5) is 10.1 Å². The van der Waals surface area contributed by atoms with Gasteiger partial charge in [-0.2, -0.15) is 5.26 Å². The lowest BCUT2D eigenvalue weighted by Crippen LogP contribution is -2.18. The molecule has 0 aliphatic heterocycles. The molecule has 0 amide bonds. The summed E-state index contributed by atoms with van der Waals surface area (Å²) < 4.78 is 14.1. The van der Waals surface area contributed by atoms with Crippen molar-refractivity contribution in [3.8, 4) is 6.07 Å². The van der Waals surface area contributed by atoms with Crippen LogP contribution in [0.15, 0.2) is 22.7 Å². The molecule has 1 N–H and O–H groups in total. The first-order chi connectivity index (χ1) is 7.17. The largest absolute Gasteiger partial charge is 0.379 e. The molecule has 4 heteroatoms. The van der Waals surface area contributed by atoms with Crippen LogP contribution in [-0.4, -0.2) is 6.04 Å². The van der Waals surface area contributed by atoms with Crippen LogP contribution in [0.25, 0.3) is 0 Å². The van der Waals surface area contributed by atoms with Crippen molar-refractivity contribution in [2.24, 2.45) is 0 Å². The number of benzene rings is 1. The molecule has 1 aromatic rings. The molecular formula is C11H12BrFN2. The molecule has 1 atom stereocenters. The van der Waals surface area contributed by atoms with Crippen molar-refractivity contribution < 1.29 is 4.39 Å². The predicted molar refractivity (Wildman–Crippen MR) is 62.0 cm³/mol. The summed E-state index contributed by atoms with van der Waals surface area (Å²) in [6.45, 7) is 1.96. The van der Waals surface area contributed by atoms with Gasteiger partial charge in [-0.3, -0.25) is 0 Å². The zero-order chi connectivity index (χ0) is 11.3. The van der Waals surface area contributed by atoms with Gasteiger partial charge in [0.15, 0.2) is 0 Å². The molecule has 0 aliphatic carbocycles. The summed E-state index contributed by atoms with van der Waals surface area (Å²) >= 11 is 3.19. The molecular weight excluding hydrogens is 259 g/mol. The van der Waals surface area contributed by atoms with Gasteiger partial charge >= 0.3 is 0 Å². The predicted octanol–water partition coefficient (Wildman–Crippen LogP) is 3.69. The topological polar surface area (TPSA) is 35.8 Å². The molecule has 0 spiro atoms. The van der Waals surface area contributed by atoms with E-state index in [1.54, 1.807) is 12.1 Å². The fraction of sp³-hybridized carbons (Fsp3) is 0.364. The molecule has 1 rings (SSSR count). The van der Waals surface area contributed by atoms with Crippen molar-refractivity contribution in [1.82, 2.24) is 0 Å². The Hall–Kier alpha value is -1.08. The number of halogens is 2. The summed E-state index contributed by atoms with van der Waals surface area (Å²) in [5, 5.41) is 11.6. The molecule has 0 radical (unpaired) electrons. The zero-order valence-corrected chi connectivity index (χ0v) is 10.0. The van der Waals surface area contributed by atoms with E-state index in [4.69, 9.17) is 5.26 Å². The van der Waals surface area contributed by atoms with Gasteiger partial charge in [0.25, 0.3) is 0 Å². The summed E-state index contributed by atoms with van der Waals surface area (Å²) in [7, 11) is 0. The lowest BCUT2D eigenvalue weighted by atomic mass is 10.1. The second kappa shape index (κ2) is 5.72. The van der Waals surface area contributed by atoms with Gasteiger partial charge in [-0.05, 0) is 24.6 Å². The van der Waals surface area contributed by atoms with E-state index in [9.17, 15) is 4.39 Å². The van der Waals surface area contributed by atoms with Crippen LogP contribution < -0.4 is 5.32 Å². The molecule has 0 fully saturated rings. The van der Waals surface area contributed by atoms with Crippen LogP contribution in [0.1, 0.15) is 19.8 Å². The lowest BCUT2D eigenvalue weighted by Gasteiger charge is -2.15.